The highest BCUT2D eigenvalue weighted by atomic mass is 127. The summed E-state index contributed by atoms with van der Waals surface area (Å²) in [6.07, 6.45) is 0.0712. The number of aliphatic imine (C=N–C) groups is 1. The van der Waals surface area contributed by atoms with Gasteiger partial charge in [0.2, 0.25) is 0 Å². The van der Waals surface area contributed by atoms with Crippen LogP contribution in [0.25, 0.3) is 0 Å². The summed E-state index contributed by atoms with van der Waals surface area (Å²) in [6, 6.07) is 4.69. The first-order valence-corrected chi connectivity index (χ1v) is 8.38. The SMILES string of the molecule is CN=C(NCc1cc(OC)ccc1OC(F)F)NCC1CN(C)CCO1.I. The molecule has 1 aromatic carbocycles. The van der Waals surface area contributed by atoms with E-state index in [1.54, 1.807) is 19.2 Å². The normalized spacial score (nSPS) is 18.0. The van der Waals surface area contributed by atoms with Crippen molar-refractivity contribution in [3.8, 4) is 11.5 Å². The summed E-state index contributed by atoms with van der Waals surface area (Å²) in [5, 5.41) is 6.28. The third-order valence-corrected chi connectivity index (χ3v) is 3.99. The van der Waals surface area contributed by atoms with Crippen LogP contribution >= 0.6 is 24.0 Å². The fourth-order valence-corrected chi connectivity index (χ4v) is 2.63. The molecule has 1 aromatic rings. The van der Waals surface area contributed by atoms with Crippen LogP contribution in [0.5, 0.6) is 11.5 Å². The summed E-state index contributed by atoms with van der Waals surface area (Å²) in [6.45, 7) is 0.429. The van der Waals surface area contributed by atoms with Crippen molar-refractivity contribution >= 4 is 29.9 Å². The minimum absolute atomic E-state index is 0. The lowest BCUT2D eigenvalue weighted by atomic mass is 10.2. The average molecular weight is 500 g/mol. The molecule has 1 aliphatic rings. The third kappa shape index (κ3) is 8.01. The molecule has 0 aromatic heterocycles. The zero-order chi connectivity index (χ0) is 18.9. The number of rotatable bonds is 7. The van der Waals surface area contributed by atoms with Gasteiger partial charge in [-0.2, -0.15) is 8.78 Å². The molecule has 1 saturated heterocycles. The fourth-order valence-electron chi connectivity index (χ4n) is 2.63. The molecule has 2 N–H and O–H groups in total. The van der Waals surface area contributed by atoms with Crippen LogP contribution in [0, 0.1) is 0 Å². The van der Waals surface area contributed by atoms with Crippen molar-refractivity contribution in [2.24, 2.45) is 4.99 Å². The molecule has 0 radical (unpaired) electrons. The van der Waals surface area contributed by atoms with E-state index in [4.69, 9.17) is 9.47 Å². The Morgan fingerprint density at radius 2 is 2.19 bits per heavy atom. The monoisotopic (exact) mass is 500 g/mol. The van der Waals surface area contributed by atoms with E-state index in [2.05, 4.69) is 32.3 Å². The van der Waals surface area contributed by atoms with Gasteiger partial charge in [-0.1, -0.05) is 0 Å². The van der Waals surface area contributed by atoms with Crippen LogP contribution in [0.1, 0.15) is 5.56 Å². The lowest BCUT2D eigenvalue weighted by Gasteiger charge is -2.30. The maximum absolute atomic E-state index is 12.6. The summed E-state index contributed by atoms with van der Waals surface area (Å²) in [5.74, 6) is 1.21. The molecule has 27 heavy (non-hydrogen) atoms. The van der Waals surface area contributed by atoms with Crippen molar-refractivity contribution in [3.63, 3.8) is 0 Å². The van der Waals surface area contributed by atoms with Crippen LogP contribution in [0.3, 0.4) is 0 Å². The number of methoxy groups -OCH3 is 1. The molecule has 0 amide bonds. The second-order valence-corrected chi connectivity index (χ2v) is 5.91. The van der Waals surface area contributed by atoms with E-state index in [-0.39, 0.29) is 42.4 Å². The van der Waals surface area contributed by atoms with Crippen LogP contribution in [0.15, 0.2) is 23.2 Å². The van der Waals surface area contributed by atoms with Gasteiger partial charge in [-0.05, 0) is 25.2 Å². The summed E-state index contributed by atoms with van der Waals surface area (Å²) in [5.41, 5.74) is 0.543. The van der Waals surface area contributed by atoms with Crippen molar-refractivity contribution in [1.29, 1.82) is 0 Å². The number of guanidine groups is 1. The molecule has 1 fully saturated rings. The first-order valence-electron chi connectivity index (χ1n) is 8.38. The first-order chi connectivity index (χ1) is 12.5. The van der Waals surface area contributed by atoms with Crippen molar-refractivity contribution < 1.29 is 23.0 Å². The van der Waals surface area contributed by atoms with Crippen LogP contribution in [0.4, 0.5) is 8.78 Å². The van der Waals surface area contributed by atoms with Gasteiger partial charge in [0, 0.05) is 38.8 Å². The molecule has 1 unspecified atom stereocenters. The molecule has 1 atom stereocenters. The minimum Gasteiger partial charge on any atom is -0.497 e. The highest BCUT2D eigenvalue weighted by Gasteiger charge is 2.18. The number of halogens is 3. The molecular weight excluding hydrogens is 473 g/mol. The highest BCUT2D eigenvalue weighted by Crippen LogP contribution is 2.25. The zero-order valence-corrected chi connectivity index (χ0v) is 18.0. The van der Waals surface area contributed by atoms with Crippen LogP contribution in [-0.2, 0) is 11.3 Å². The van der Waals surface area contributed by atoms with E-state index >= 15 is 0 Å². The fraction of sp³-hybridized carbons (Fsp3) is 0.588. The first kappa shape index (κ1) is 23.6. The lowest BCUT2D eigenvalue weighted by molar-refractivity contribution is -0.0505. The van der Waals surface area contributed by atoms with Crippen LogP contribution in [-0.4, -0.2) is 71.0 Å². The second kappa shape index (κ2) is 12.1. The van der Waals surface area contributed by atoms with Gasteiger partial charge in [-0.3, -0.25) is 4.99 Å². The van der Waals surface area contributed by atoms with Gasteiger partial charge < -0.3 is 29.7 Å². The van der Waals surface area contributed by atoms with Crippen LogP contribution in [0.2, 0.25) is 0 Å². The molecule has 1 heterocycles. The summed E-state index contributed by atoms with van der Waals surface area (Å²) in [4.78, 5) is 6.35. The van der Waals surface area contributed by atoms with Gasteiger partial charge in [0.15, 0.2) is 5.96 Å². The van der Waals surface area contributed by atoms with E-state index < -0.39 is 6.61 Å². The summed E-state index contributed by atoms with van der Waals surface area (Å²) in [7, 11) is 5.21. The topological polar surface area (TPSA) is 67.4 Å². The Balaban J connectivity index is 0.00000364. The van der Waals surface area contributed by atoms with Gasteiger partial charge in [-0.15, -0.1) is 24.0 Å². The lowest BCUT2D eigenvalue weighted by Crippen LogP contribution is -2.48. The maximum Gasteiger partial charge on any atom is 0.387 e. The van der Waals surface area contributed by atoms with E-state index in [9.17, 15) is 8.78 Å². The largest absolute Gasteiger partial charge is 0.497 e. The summed E-state index contributed by atoms with van der Waals surface area (Å²) >= 11 is 0. The third-order valence-electron chi connectivity index (χ3n) is 3.99. The Morgan fingerprint density at radius 1 is 1.41 bits per heavy atom. The number of alkyl halides is 2. The van der Waals surface area contributed by atoms with Crippen LogP contribution < -0.4 is 20.1 Å². The molecule has 0 saturated carbocycles. The molecule has 0 bridgehead atoms. The van der Waals surface area contributed by atoms with Gasteiger partial charge in [0.1, 0.15) is 11.5 Å². The molecule has 7 nitrogen and oxygen atoms in total. The van der Waals surface area contributed by atoms with Crippen molar-refractivity contribution in [3.05, 3.63) is 23.8 Å². The Kier molecular flexibility index (Phi) is 10.6. The van der Waals surface area contributed by atoms with Crippen molar-refractivity contribution in [2.45, 2.75) is 19.3 Å². The Bertz CT molecular complexity index is 608. The number of benzene rings is 1. The van der Waals surface area contributed by atoms with Gasteiger partial charge in [-0.25, -0.2) is 0 Å². The molecule has 0 aliphatic carbocycles. The maximum atomic E-state index is 12.6. The van der Waals surface area contributed by atoms with Gasteiger partial charge in [0.05, 0.1) is 19.8 Å². The smallest absolute Gasteiger partial charge is 0.387 e. The van der Waals surface area contributed by atoms with E-state index in [0.29, 0.717) is 30.4 Å². The number of nitrogens with zero attached hydrogens (tertiary/aromatic N) is 2. The minimum atomic E-state index is -2.89. The quantitative estimate of drug-likeness (QED) is 0.339. The predicted molar refractivity (Wildman–Crippen MR) is 110 cm³/mol. The number of hydrogen-bond donors (Lipinski definition) is 2. The number of morpholine rings is 1. The predicted octanol–water partition coefficient (Wildman–Crippen LogP) is 1.91. The van der Waals surface area contributed by atoms with Gasteiger partial charge >= 0.3 is 6.61 Å². The Morgan fingerprint density at radius 3 is 2.81 bits per heavy atom. The van der Waals surface area contributed by atoms with E-state index in [1.165, 1.54) is 13.2 Å². The highest BCUT2D eigenvalue weighted by molar-refractivity contribution is 14.0. The standard InChI is InChI=1S/C17H26F2N4O3.HI/c1-20-17(22-10-14-11-23(2)6-7-25-14)21-9-12-8-13(24-3)4-5-15(12)26-16(18)19;/h4-5,8,14,16H,6-7,9-11H2,1-3H3,(H2,20,21,22);1H. The number of nitrogens with one attached hydrogen (secondary N) is 2. The average Bonchev–Trinajstić information content (AvgIpc) is 2.62. The molecular formula is C17H27F2IN4O3. The van der Waals surface area contributed by atoms with Crippen molar-refractivity contribution in [2.75, 3.05) is 47.4 Å². The molecule has 2 rings (SSSR count). The Hall–Kier alpha value is -1.40. The second-order valence-electron chi connectivity index (χ2n) is 5.91. The number of hydrogen-bond acceptors (Lipinski definition) is 5. The zero-order valence-electron chi connectivity index (χ0n) is 15.7. The van der Waals surface area contributed by atoms with E-state index in [1.807, 2.05) is 0 Å². The number of likely N-dealkylation sites (N-methyl/N-ethyl adjacent to an activating group) is 1. The van der Waals surface area contributed by atoms with E-state index in [0.717, 1.165) is 13.1 Å². The van der Waals surface area contributed by atoms with Crippen molar-refractivity contribution in [1.82, 2.24) is 15.5 Å². The number of ether oxygens (including phenoxy) is 3. The molecule has 1 aliphatic heterocycles. The van der Waals surface area contributed by atoms with Gasteiger partial charge in [0.25, 0.3) is 0 Å². The molecule has 154 valence electrons. The Labute approximate surface area is 175 Å². The molecule has 0 spiro atoms. The molecule has 10 heteroatoms. The summed E-state index contributed by atoms with van der Waals surface area (Å²) < 4.78 is 40.6.